The highest BCUT2D eigenvalue weighted by molar-refractivity contribution is 6.28. The molecule has 0 spiro atoms. The fraction of sp³-hybridized carbons (Fsp3) is 0.231. The molecular weight excluding hydrogens is 252 g/mol. The molecule has 2 rings (SSSR count). The number of nitrogens with zero attached hydrogens (tertiary/aromatic N) is 2. The lowest BCUT2D eigenvalue weighted by molar-refractivity contribution is 0.0589. The summed E-state index contributed by atoms with van der Waals surface area (Å²) in [5, 5.41) is 0.274. The number of aromatic nitrogens is 2. The summed E-state index contributed by atoms with van der Waals surface area (Å²) < 4.78 is 6.31. The third-order valence-corrected chi connectivity index (χ3v) is 2.96. The van der Waals surface area contributed by atoms with Crippen molar-refractivity contribution in [2.75, 3.05) is 7.11 Å². The van der Waals surface area contributed by atoms with Crippen LogP contribution in [0.25, 0.3) is 0 Å². The fourth-order valence-electron chi connectivity index (χ4n) is 1.65. The Morgan fingerprint density at radius 3 is 2.67 bits per heavy atom. The van der Waals surface area contributed by atoms with Gasteiger partial charge in [0.15, 0.2) is 0 Å². The van der Waals surface area contributed by atoms with E-state index in [1.807, 2.05) is 31.2 Å². The number of esters is 1. The molecule has 1 aromatic heterocycles. The zero-order chi connectivity index (χ0) is 13.1. The van der Waals surface area contributed by atoms with Crippen molar-refractivity contribution < 1.29 is 9.53 Å². The molecule has 1 aromatic carbocycles. The van der Waals surface area contributed by atoms with E-state index in [1.54, 1.807) is 4.57 Å². The van der Waals surface area contributed by atoms with Gasteiger partial charge in [-0.25, -0.2) is 9.78 Å². The minimum atomic E-state index is -0.443. The number of aryl methyl sites for hydroxylation is 1. The van der Waals surface area contributed by atoms with E-state index in [0.717, 1.165) is 5.56 Å². The second-order valence-electron chi connectivity index (χ2n) is 3.98. The van der Waals surface area contributed by atoms with Gasteiger partial charge >= 0.3 is 5.97 Å². The molecule has 0 N–H and O–H groups in total. The van der Waals surface area contributed by atoms with E-state index in [1.165, 1.54) is 18.9 Å². The lowest BCUT2D eigenvalue weighted by Crippen LogP contribution is -2.11. The molecule has 0 bridgehead atoms. The monoisotopic (exact) mass is 264 g/mol. The Kier molecular flexibility index (Phi) is 3.67. The van der Waals surface area contributed by atoms with Crippen molar-refractivity contribution in [3.05, 3.63) is 52.6 Å². The summed E-state index contributed by atoms with van der Waals surface area (Å²) in [5.41, 5.74) is 2.58. The number of benzene rings is 1. The molecule has 0 unspecified atom stereocenters. The number of carbonyl (C=O) groups is 1. The predicted octanol–water partition coefficient (Wildman–Crippen LogP) is 2.68. The van der Waals surface area contributed by atoms with Gasteiger partial charge in [0.2, 0.25) is 5.28 Å². The van der Waals surface area contributed by atoms with Crippen molar-refractivity contribution in [2.24, 2.45) is 0 Å². The Balaban J connectivity index is 2.31. The number of hydrogen-bond donors (Lipinski definition) is 0. The molecule has 0 aliphatic rings. The van der Waals surface area contributed by atoms with Crippen LogP contribution in [0.4, 0.5) is 0 Å². The second-order valence-corrected chi connectivity index (χ2v) is 4.31. The lowest BCUT2D eigenvalue weighted by atomic mass is 10.1. The summed E-state index contributed by atoms with van der Waals surface area (Å²) in [5.74, 6) is -0.443. The topological polar surface area (TPSA) is 44.1 Å². The fourth-order valence-corrected chi connectivity index (χ4v) is 1.85. The first kappa shape index (κ1) is 12.6. The summed E-state index contributed by atoms with van der Waals surface area (Å²) in [6.07, 6.45) is 1.42. The lowest BCUT2D eigenvalue weighted by Gasteiger charge is -2.08. The van der Waals surface area contributed by atoms with E-state index in [9.17, 15) is 4.79 Å². The van der Waals surface area contributed by atoms with Crippen molar-refractivity contribution in [3.8, 4) is 0 Å². The van der Waals surface area contributed by atoms with E-state index < -0.39 is 5.97 Å². The van der Waals surface area contributed by atoms with E-state index in [0.29, 0.717) is 12.2 Å². The average Bonchev–Trinajstić information content (AvgIpc) is 2.73. The Bertz CT molecular complexity index is 561. The minimum absolute atomic E-state index is 0.274. The molecule has 4 nitrogen and oxygen atoms in total. The molecule has 0 saturated heterocycles. The van der Waals surface area contributed by atoms with Gasteiger partial charge in [-0.2, -0.15) is 0 Å². The zero-order valence-electron chi connectivity index (χ0n) is 10.2. The number of rotatable bonds is 3. The number of imidazole rings is 1. The van der Waals surface area contributed by atoms with E-state index in [-0.39, 0.29) is 5.28 Å². The Morgan fingerprint density at radius 1 is 1.39 bits per heavy atom. The molecule has 18 heavy (non-hydrogen) atoms. The Labute approximate surface area is 110 Å². The SMILES string of the molecule is COC(=O)c1cnc(Cl)n1Cc1ccc(C)cc1. The summed E-state index contributed by atoms with van der Waals surface area (Å²) in [7, 11) is 1.33. The maximum atomic E-state index is 11.6. The molecule has 2 aromatic rings. The van der Waals surface area contributed by atoms with Gasteiger partial charge in [-0.1, -0.05) is 29.8 Å². The summed E-state index contributed by atoms with van der Waals surface area (Å²) in [4.78, 5) is 15.5. The number of halogens is 1. The van der Waals surface area contributed by atoms with Crippen LogP contribution < -0.4 is 0 Å². The van der Waals surface area contributed by atoms with Gasteiger partial charge in [0.05, 0.1) is 19.9 Å². The Hall–Kier alpha value is -1.81. The van der Waals surface area contributed by atoms with Crippen molar-refractivity contribution in [1.82, 2.24) is 9.55 Å². The van der Waals surface area contributed by atoms with Gasteiger partial charge in [0.25, 0.3) is 0 Å². The molecule has 5 heteroatoms. The molecule has 0 aliphatic carbocycles. The number of carbonyl (C=O) groups excluding carboxylic acids is 1. The van der Waals surface area contributed by atoms with E-state index in [4.69, 9.17) is 11.6 Å². The average molecular weight is 265 g/mol. The van der Waals surface area contributed by atoms with Gasteiger partial charge < -0.3 is 9.30 Å². The van der Waals surface area contributed by atoms with Gasteiger partial charge in [-0.15, -0.1) is 0 Å². The molecule has 94 valence electrons. The van der Waals surface area contributed by atoms with Crippen molar-refractivity contribution in [2.45, 2.75) is 13.5 Å². The Morgan fingerprint density at radius 2 is 2.06 bits per heavy atom. The van der Waals surface area contributed by atoms with Crippen LogP contribution in [0.5, 0.6) is 0 Å². The largest absolute Gasteiger partial charge is 0.464 e. The first-order chi connectivity index (χ1) is 8.61. The standard InChI is InChI=1S/C13H13ClN2O2/c1-9-3-5-10(6-4-9)8-16-11(12(17)18-2)7-15-13(16)14/h3-7H,8H2,1-2H3. The van der Waals surface area contributed by atoms with E-state index >= 15 is 0 Å². The van der Waals surface area contributed by atoms with Gasteiger partial charge in [-0.3, -0.25) is 0 Å². The second kappa shape index (κ2) is 5.23. The van der Waals surface area contributed by atoms with Crippen molar-refractivity contribution >= 4 is 17.6 Å². The molecule has 0 amide bonds. The first-order valence-corrected chi connectivity index (χ1v) is 5.84. The quantitative estimate of drug-likeness (QED) is 0.801. The normalized spacial score (nSPS) is 10.4. The van der Waals surface area contributed by atoms with Crippen LogP contribution in [0.3, 0.4) is 0 Å². The number of ether oxygens (including phenoxy) is 1. The molecule has 1 heterocycles. The maximum absolute atomic E-state index is 11.6. The van der Waals surface area contributed by atoms with Gasteiger partial charge in [0, 0.05) is 0 Å². The highest BCUT2D eigenvalue weighted by Gasteiger charge is 2.15. The van der Waals surface area contributed by atoms with Crippen LogP contribution in [0.15, 0.2) is 30.5 Å². The van der Waals surface area contributed by atoms with Crippen LogP contribution in [-0.4, -0.2) is 22.6 Å². The number of hydrogen-bond acceptors (Lipinski definition) is 3. The molecule has 0 saturated carbocycles. The highest BCUT2D eigenvalue weighted by atomic mass is 35.5. The molecule has 0 aliphatic heterocycles. The molecule has 0 fully saturated rings. The van der Waals surface area contributed by atoms with Crippen molar-refractivity contribution in [1.29, 1.82) is 0 Å². The minimum Gasteiger partial charge on any atom is -0.464 e. The molecule has 0 radical (unpaired) electrons. The highest BCUT2D eigenvalue weighted by Crippen LogP contribution is 2.15. The van der Waals surface area contributed by atoms with Crippen LogP contribution >= 0.6 is 11.6 Å². The van der Waals surface area contributed by atoms with E-state index in [2.05, 4.69) is 9.72 Å². The van der Waals surface area contributed by atoms with Gasteiger partial charge in [-0.05, 0) is 24.1 Å². The molecule has 0 atom stereocenters. The van der Waals surface area contributed by atoms with Crippen molar-refractivity contribution in [3.63, 3.8) is 0 Å². The first-order valence-electron chi connectivity index (χ1n) is 5.46. The maximum Gasteiger partial charge on any atom is 0.356 e. The zero-order valence-corrected chi connectivity index (χ0v) is 10.9. The van der Waals surface area contributed by atoms with Crippen LogP contribution in [-0.2, 0) is 11.3 Å². The van der Waals surface area contributed by atoms with Crippen LogP contribution in [0.2, 0.25) is 5.28 Å². The predicted molar refractivity (Wildman–Crippen MR) is 68.9 cm³/mol. The smallest absolute Gasteiger partial charge is 0.356 e. The summed E-state index contributed by atoms with van der Waals surface area (Å²) in [6, 6.07) is 8.01. The third kappa shape index (κ3) is 2.54. The third-order valence-electron chi connectivity index (χ3n) is 2.66. The van der Waals surface area contributed by atoms with Crippen LogP contribution in [0.1, 0.15) is 21.6 Å². The summed E-state index contributed by atoms with van der Waals surface area (Å²) >= 11 is 5.97. The van der Waals surface area contributed by atoms with Crippen LogP contribution in [0, 0.1) is 6.92 Å². The van der Waals surface area contributed by atoms with Gasteiger partial charge in [0.1, 0.15) is 5.69 Å². The molecular formula is C13H13ClN2O2. The number of methoxy groups -OCH3 is 1. The summed E-state index contributed by atoms with van der Waals surface area (Å²) in [6.45, 7) is 2.51.